The van der Waals surface area contributed by atoms with Gasteiger partial charge in [-0.25, -0.2) is 4.79 Å². The van der Waals surface area contributed by atoms with Crippen molar-refractivity contribution in [3.63, 3.8) is 0 Å². The minimum atomic E-state index is -0.406. The third-order valence-corrected chi connectivity index (χ3v) is 8.28. The summed E-state index contributed by atoms with van der Waals surface area (Å²) in [5.74, 6) is 0.875. The van der Waals surface area contributed by atoms with E-state index in [4.69, 9.17) is 37.2 Å². The van der Waals surface area contributed by atoms with Crippen LogP contribution in [-0.2, 0) is 23.1 Å². The molecule has 1 aliphatic carbocycles. The first-order valence-electron chi connectivity index (χ1n) is 13.4. The van der Waals surface area contributed by atoms with E-state index in [2.05, 4.69) is 27.3 Å². The predicted molar refractivity (Wildman–Crippen MR) is 154 cm³/mol. The Balaban J connectivity index is 1.12. The van der Waals surface area contributed by atoms with Crippen LogP contribution in [0, 0.1) is 0 Å². The van der Waals surface area contributed by atoms with E-state index in [-0.39, 0.29) is 6.10 Å². The average Bonchev–Trinajstić information content (AvgIpc) is 3.62. The number of piperidine rings is 1. The summed E-state index contributed by atoms with van der Waals surface area (Å²) in [5, 5.41) is 9.98. The Kier molecular flexibility index (Phi) is 7.57. The number of hydrogen-bond acceptors (Lipinski definition) is 7. The molecule has 0 spiro atoms. The van der Waals surface area contributed by atoms with E-state index in [1.165, 1.54) is 7.11 Å². The molecule has 0 unspecified atom stereocenters. The van der Waals surface area contributed by atoms with Gasteiger partial charge in [0.05, 0.1) is 35.6 Å². The fourth-order valence-electron chi connectivity index (χ4n) is 5.30. The SMILES string of the molecule is COC(=O)c1cc(-c2cccc(N3CCC(OCc4c(-c5c(Cl)cccc5Cl)noc4C4CC4)CC3)c2)nn1C. The molecule has 0 bridgehead atoms. The molecule has 40 heavy (non-hydrogen) atoms. The molecule has 1 aliphatic heterocycles. The highest BCUT2D eigenvalue weighted by molar-refractivity contribution is 6.39. The van der Waals surface area contributed by atoms with E-state index in [1.807, 2.05) is 30.3 Å². The molecular weight excluding hydrogens is 551 g/mol. The molecule has 0 radical (unpaired) electrons. The molecule has 0 atom stereocenters. The average molecular weight is 582 g/mol. The molecule has 2 fully saturated rings. The molecule has 0 N–H and O–H groups in total. The summed E-state index contributed by atoms with van der Waals surface area (Å²) in [7, 11) is 3.11. The molecule has 2 aromatic carbocycles. The third-order valence-electron chi connectivity index (χ3n) is 7.65. The summed E-state index contributed by atoms with van der Waals surface area (Å²) in [4.78, 5) is 14.4. The third kappa shape index (κ3) is 5.36. The van der Waals surface area contributed by atoms with Crippen LogP contribution in [0.5, 0.6) is 0 Å². The van der Waals surface area contributed by atoms with E-state index in [0.29, 0.717) is 39.5 Å². The maximum Gasteiger partial charge on any atom is 0.356 e. The van der Waals surface area contributed by atoms with Gasteiger partial charge in [0.25, 0.3) is 0 Å². The highest BCUT2D eigenvalue weighted by Crippen LogP contribution is 2.46. The first-order valence-corrected chi connectivity index (χ1v) is 14.2. The van der Waals surface area contributed by atoms with E-state index in [1.54, 1.807) is 17.8 Å². The van der Waals surface area contributed by atoms with Crippen LogP contribution in [0.25, 0.3) is 22.5 Å². The van der Waals surface area contributed by atoms with Gasteiger partial charge in [0, 0.05) is 48.4 Å². The number of ether oxygens (including phenoxy) is 2. The van der Waals surface area contributed by atoms with E-state index >= 15 is 0 Å². The second-order valence-corrected chi connectivity index (χ2v) is 11.1. The maximum absolute atomic E-state index is 12.0. The Morgan fingerprint density at radius 2 is 1.77 bits per heavy atom. The van der Waals surface area contributed by atoms with Gasteiger partial charge < -0.3 is 18.9 Å². The molecule has 208 valence electrons. The highest BCUT2D eigenvalue weighted by atomic mass is 35.5. The topological polar surface area (TPSA) is 82.6 Å². The van der Waals surface area contributed by atoms with Crippen molar-refractivity contribution in [2.75, 3.05) is 25.1 Å². The van der Waals surface area contributed by atoms with Crippen LogP contribution in [-0.4, -0.2) is 47.2 Å². The lowest BCUT2D eigenvalue weighted by Crippen LogP contribution is -2.37. The molecule has 4 aromatic rings. The first-order chi connectivity index (χ1) is 19.4. The highest BCUT2D eigenvalue weighted by Gasteiger charge is 2.34. The van der Waals surface area contributed by atoms with Crippen molar-refractivity contribution in [2.24, 2.45) is 7.05 Å². The molecular formula is C30H30Cl2N4O4. The Morgan fingerprint density at radius 1 is 1.05 bits per heavy atom. The Bertz CT molecular complexity index is 1520. The number of hydrogen-bond donors (Lipinski definition) is 0. The number of aromatic nitrogens is 3. The fraction of sp³-hybridized carbons (Fsp3) is 0.367. The van der Waals surface area contributed by atoms with Crippen LogP contribution in [0.15, 0.2) is 53.1 Å². The van der Waals surface area contributed by atoms with E-state index in [0.717, 1.165) is 67.0 Å². The summed E-state index contributed by atoms with van der Waals surface area (Å²) in [6.45, 7) is 2.15. The predicted octanol–water partition coefficient (Wildman–Crippen LogP) is 6.90. The molecule has 2 aromatic heterocycles. The van der Waals surface area contributed by atoms with Crippen molar-refractivity contribution in [3.05, 3.63) is 75.6 Å². The van der Waals surface area contributed by atoms with Crippen LogP contribution in [0.2, 0.25) is 10.0 Å². The zero-order chi connectivity index (χ0) is 27.8. The minimum absolute atomic E-state index is 0.120. The number of nitrogens with zero attached hydrogens (tertiary/aromatic N) is 4. The number of esters is 1. The normalized spacial score (nSPS) is 15.9. The van der Waals surface area contributed by atoms with Gasteiger partial charge in [0.2, 0.25) is 0 Å². The molecule has 2 aliphatic rings. The van der Waals surface area contributed by atoms with Gasteiger partial charge in [-0.15, -0.1) is 0 Å². The lowest BCUT2D eigenvalue weighted by Gasteiger charge is -2.33. The Morgan fingerprint density at radius 3 is 2.48 bits per heavy atom. The van der Waals surface area contributed by atoms with Crippen LogP contribution in [0.4, 0.5) is 5.69 Å². The first kappa shape index (κ1) is 26.9. The van der Waals surface area contributed by atoms with Gasteiger partial charge in [0.1, 0.15) is 17.1 Å². The molecule has 1 saturated carbocycles. The van der Waals surface area contributed by atoms with Crippen molar-refractivity contribution in [1.29, 1.82) is 0 Å². The van der Waals surface area contributed by atoms with Gasteiger partial charge >= 0.3 is 5.97 Å². The Labute approximate surface area is 242 Å². The molecule has 1 saturated heterocycles. The van der Waals surface area contributed by atoms with Crippen LogP contribution in [0.1, 0.15) is 53.4 Å². The van der Waals surface area contributed by atoms with Crippen LogP contribution >= 0.6 is 23.2 Å². The molecule has 8 nitrogen and oxygen atoms in total. The van der Waals surface area contributed by atoms with Crippen molar-refractivity contribution < 1.29 is 18.8 Å². The summed E-state index contributed by atoms with van der Waals surface area (Å²) < 4.78 is 18.6. The van der Waals surface area contributed by atoms with Gasteiger partial charge in [-0.3, -0.25) is 4.68 Å². The van der Waals surface area contributed by atoms with Gasteiger partial charge in [-0.1, -0.05) is 46.6 Å². The zero-order valence-electron chi connectivity index (χ0n) is 22.4. The number of carbonyl (C=O) groups is 1. The van der Waals surface area contributed by atoms with E-state index in [9.17, 15) is 4.79 Å². The monoisotopic (exact) mass is 580 g/mol. The number of methoxy groups -OCH3 is 1. The van der Waals surface area contributed by atoms with Gasteiger partial charge in [0.15, 0.2) is 0 Å². The molecule has 3 heterocycles. The van der Waals surface area contributed by atoms with Crippen molar-refractivity contribution >= 4 is 34.9 Å². The minimum Gasteiger partial charge on any atom is -0.464 e. The quantitative estimate of drug-likeness (QED) is 0.210. The lowest BCUT2D eigenvalue weighted by molar-refractivity contribution is 0.0246. The standard InChI is InChI=1S/C30H30Cl2N4O4/c1-35-26(30(37)38-2)16-25(33-35)19-5-3-6-20(15-19)36-13-11-21(12-14-36)39-17-22-28(34-40-29(22)18-9-10-18)27-23(31)7-4-8-24(27)32/h3-8,15-16,18,21H,9-14,17H2,1-2H3. The molecule has 0 amide bonds. The number of rotatable bonds is 8. The number of anilines is 1. The maximum atomic E-state index is 12.0. The second kappa shape index (κ2) is 11.3. The largest absolute Gasteiger partial charge is 0.464 e. The van der Waals surface area contributed by atoms with Crippen molar-refractivity contribution in [2.45, 2.75) is 44.3 Å². The van der Waals surface area contributed by atoms with Gasteiger partial charge in [-0.2, -0.15) is 5.10 Å². The fourth-order valence-corrected chi connectivity index (χ4v) is 5.87. The Hall–Kier alpha value is -3.33. The summed E-state index contributed by atoms with van der Waals surface area (Å²) in [5.41, 5.74) is 5.54. The summed E-state index contributed by atoms with van der Waals surface area (Å²) >= 11 is 13.0. The number of halogens is 2. The summed E-state index contributed by atoms with van der Waals surface area (Å²) in [6, 6.07) is 15.5. The summed E-state index contributed by atoms with van der Waals surface area (Å²) in [6.07, 6.45) is 4.10. The number of benzene rings is 2. The van der Waals surface area contributed by atoms with Crippen molar-refractivity contribution in [1.82, 2.24) is 14.9 Å². The second-order valence-electron chi connectivity index (χ2n) is 10.3. The molecule has 6 rings (SSSR count). The number of carbonyl (C=O) groups excluding carboxylic acids is 1. The lowest BCUT2D eigenvalue weighted by atomic mass is 10.0. The molecule has 10 heteroatoms. The van der Waals surface area contributed by atoms with E-state index < -0.39 is 5.97 Å². The van der Waals surface area contributed by atoms with Gasteiger partial charge in [-0.05, 0) is 56.0 Å². The smallest absolute Gasteiger partial charge is 0.356 e. The van der Waals surface area contributed by atoms with Crippen LogP contribution < -0.4 is 4.90 Å². The number of aryl methyl sites for hydroxylation is 1. The zero-order valence-corrected chi connectivity index (χ0v) is 23.9. The van der Waals surface area contributed by atoms with Crippen LogP contribution in [0.3, 0.4) is 0 Å². The van der Waals surface area contributed by atoms with Crippen molar-refractivity contribution in [3.8, 4) is 22.5 Å².